The number of nitrogens with one attached hydrogen (secondary N) is 3. The first-order chi connectivity index (χ1) is 8.34. The lowest BCUT2D eigenvalue weighted by atomic mass is 10.0. The number of morpholine rings is 1. The van der Waals surface area contributed by atoms with Crippen molar-refractivity contribution in [1.29, 1.82) is 0 Å². The average Bonchev–Trinajstić information content (AvgIpc) is 2.28. The summed E-state index contributed by atoms with van der Waals surface area (Å²) in [6.45, 7) is 7.98. The lowest BCUT2D eigenvalue weighted by Gasteiger charge is -2.28. The monoisotopic (exact) mass is 242 g/mol. The largest absolute Gasteiger partial charge is 0.379 e. The highest BCUT2D eigenvalue weighted by Gasteiger charge is 2.17. The molecule has 3 N–H and O–H groups in total. The van der Waals surface area contributed by atoms with Crippen molar-refractivity contribution in [2.75, 3.05) is 59.0 Å². The Bertz CT molecular complexity index is 240. The Morgan fingerprint density at radius 3 is 2.71 bits per heavy atom. The van der Waals surface area contributed by atoms with Crippen molar-refractivity contribution in [3.05, 3.63) is 0 Å². The second kappa shape index (κ2) is 6.78. The molecule has 0 unspecified atom stereocenters. The van der Waals surface area contributed by atoms with Gasteiger partial charge >= 0.3 is 6.03 Å². The van der Waals surface area contributed by atoms with Gasteiger partial charge in [-0.25, -0.2) is 4.79 Å². The smallest absolute Gasteiger partial charge is 0.314 e. The topological polar surface area (TPSA) is 65.6 Å². The lowest BCUT2D eigenvalue weighted by Crippen LogP contribution is -2.50. The van der Waals surface area contributed by atoms with Gasteiger partial charge in [0.15, 0.2) is 0 Å². The Morgan fingerprint density at radius 1 is 1.29 bits per heavy atom. The maximum Gasteiger partial charge on any atom is 0.314 e. The first-order valence-electron chi connectivity index (χ1n) is 6.37. The van der Waals surface area contributed by atoms with E-state index in [1.54, 1.807) is 0 Å². The molecule has 2 amide bonds. The number of urea groups is 1. The molecule has 0 saturated carbocycles. The molecule has 2 fully saturated rings. The van der Waals surface area contributed by atoms with Gasteiger partial charge in [-0.3, -0.25) is 4.90 Å². The van der Waals surface area contributed by atoms with E-state index in [9.17, 15) is 4.79 Å². The lowest BCUT2D eigenvalue weighted by molar-refractivity contribution is 0.0387. The third-order valence-electron chi connectivity index (χ3n) is 3.23. The van der Waals surface area contributed by atoms with Crippen LogP contribution in [0.15, 0.2) is 0 Å². The van der Waals surface area contributed by atoms with Gasteiger partial charge in [0.2, 0.25) is 0 Å². The van der Waals surface area contributed by atoms with Crippen LogP contribution in [-0.2, 0) is 4.74 Å². The summed E-state index contributed by atoms with van der Waals surface area (Å²) in [5, 5.41) is 8.95. The fourth-order valence-electron chi connectivity index (χ4n) is 1.94. The highest BCUT2D eigenvalue weighted by Crippen LogP contribution is 1.99. The Hall–Kier alpha value is -0.850. The van der Waals surface area contributed by atoms with Crippen molar-refractivity contribution >= 4 is 6.03 Å². The summed E-state index contributed by atoms with van der Waals surface area (Å²) in [7, 11) is 0. The first-order valence-corrected chi connectivity index (χ1v) is 6.37. The van der Waals surface area contributed by atoms with Crippen molar-refractivity contribution in [2.24, 2.45) is 5.92 Å². The maximum atomic E-state index is 11.4. The number of nitrogens with zero attached hydrogens (tertiary/aromatic N) is 1. The fraction of sp³-hybridized carbons (Fsp3) is 0.909. The third kappa shape index (κ3) is 4.49. The van der Waals surface area contributed by atoms with Gasteiger partial charge in [0.1, 0.15) is 0 Å². The molecule has 0 spiro atoms. The standard InChI is InChI=1S/C11H22N4O2/c16-11(14-9-10-7-12-8-10)13-1-2-15-3-5-17-6-4-15/h10,12H,1-9H2,(H2,13,14,16). The number of carbonyl (C=O) groups is 1. The van der Waals surface area contributed by atoms with Crippen molar-refractivity contribution in [3.63, 3.8) is 0 Å². The van der Waals surface area contributed by atoms with Crippen LogP contribution in [0.2, 0.25) is 0 Å². The van der Waals surface area contributed by atoms with Crippen LogP contribution in [0.4, 0.5) is 4.79 Å². The molecule has 6 heteroatoms. The normalized spacial score (nSPS) is 21.9. The van der Waals surface area contributed by atoms with Crippen molar-refractivity contribution in [3.8, 4) is 0 Å². The average molecular weight is 242 g/mol. The predicted octanol–water partition coefficient (Wildman–Crippen LogP) is -1.16. The van der Waals surface area contributed by atoms with E-state index < -0.39 is 0 Å². The molecule has 2 aliphatic rings. The van der Waals surface area contributed by atoms with Gasteiger partial charge in [0.05, 0.1) is 13.2 Å². The van der Waals surface area contributed by atoms with Crippen LogP contribution in [0.3, 0.4) is 0 Å². The number of carbonyl (C=O) groups excluding carboxylic acids is 1. The van der Waals surface area contributed by atoms with Crippen molar-refractivity contribution < 1.29 is 9.53 Å². The summed E-state index contributed by atoms with van der Waals surface area (Å²) >= 11 is 0. The molecular formula is C11H22N4O2. The molecule has 2 rings (SSSR count). The molecule has 0 aliphatic carbocycles. The quantitative estimate of drug-likeness (QED) is 0.569. The summed E-state index contributed by atoms with van der Waals surface area (Å²) < 4.78 is 5.26. The fourth-order valence-corrected chi connectivity index (χ4v) is 1.94. The summed E-state index contributed by atoms with van der Waals surface area (Å²) in [6.07, 6.45) is 0. The number of hydrogen-bond acceptors (Lipinski definition) is 4. The van der Waals surface area contributed by atoms with E-state index in [0.29, 0.717) is 12.5 Å². The third-order valence-corrected chi connectivity index (χ3v) is 3.23. The van der Waals surface area contributed by atoms with E-state index in [1.165, 1.54) is 0 Å². The van der Waals surface area contributed by atoms with Gasteiger partial charge in [-0.1, -0.05) is 0 Å². The predicted molar refractivity (Wildman–Crippen MR) is 65.0 cm³/mol. The minimum absolute atomic E-state index is 0.0508. The zero-order valence-electron chi connectivity index (χ0n) is 10.2. The Kier molecular flexibility index (Phi) is 5.03. The summed E-state index contributed by atoms with van der Waals surface area (Å²) in [6, 6.07) is -0.0508. The molecule has 0 aromatic heterocycles. The minimum atomic E-state index is -0.0508. The van der Waals surface area contributed by atoms with Crippen LogP contribution < -0.4 is 16.0 Å². The van der Waals surface area contributed by atoms with E-state index in [1.807, 2.05) is 0 Å². The molecule has 6 nitrogen and oxygen atoms in total. The van der Waals surface area contributed by atoms with Gasteiger partial charge in [-0.05, 0) is 0 Å². The molecule has 0 bridgehead atoms. The Balaban J connectivity index is 1.47. The molecule has 0 aromatic carbocycles. The highest BCUT2D eigenvalue weighted by molar-refractivity contribution is 5.73. The van der Waals surface area contributed by atoms with Gasteiger partial charge in [-0.15, -0.1) is 0 Å². The van der Waals surface area contributed by atoms with Crippen LogP contribution >= 0.6 is 0 Å². The minimum Gasteiger partial charge on any atom is -0.379 e. The van der Waals surface area contributed by atoms with Crippen LogP contribution in [0.5, 0.6) is 0 Å². The van der Waals surface area contributed by atoms with Gasteiger partial charge in [0.25, 0.3) is 0 Å². The zero-order valence-corrected chi connectivity index (χ0v) is 10.2. The zero-order chi connectivity index (χ0) is 11.9. The molecule has 2 aliphatic heterocycles. The maximum absolute atomic E-state index is 11.4. The molecule has 0 radical (unpaired) electrons. The van der Waals surface area contributed by atoms with Crippen molar-refractivity contribution in [2.45, 2.75) is 0 Å². The van der Waals surface area contributed by atoms with E-state index in [0.717, 1.165) is 52.5 Å². The molecular weight excluding hydrogens is 220 g/mol. The van der Waals surface area contributed by atoms with E-state index >= 15 is 0 Å². The van der Waals surface area contributed by atoms with Gasteiger partial charge in [-0.2, -0.15) is 0 Å². The van der Waals surface area contributed by atoms with Crippen molar-refractivity contribution in [1.82, 2.24) is 20.9 Å². The molecule has 0 aromatic rings. The number of rotatable bonds is 5. The van der Waals surface area contributed by atoms with E-state index in [4.69, 9.17) is 4.74 Å². The van der Waals surface area contributed by atoms with Gasteiger partial charge in [0, 0.05) is 51.7 Å². The molecule has 17 heavy (non-hydrogen) atoms. The van der Waals surface area contributed by atoms with Crippen LogP contribution in [0.25, 0.3) is 0 Å². The molecule has 0 atom stereocenters. The second-order valence-electron chi connectivity index (χ2n) is 4.62. The first kappa shape index (κ1) is 12.6. The van der Waals surface area contributed by atoms with Crippen LogP contribution in [0.1, 0.15) is 0 Å². The van der Waals surface area contributed by atoms with E-state index in [2.05, 4.69) is 20.9 Å². The second-order valence-corrected chi connectivity index (χ2v) is 4.62. The molecule has 2 heterocycles. The van der Waals surface area contributed by atoms with E-state index in [-0.39, 0.29) is 6.03 Å². The molecule has 2 saturated heterocycles. The van der Waals surface area contributed by atoms with Crippen LogP contribution in [0, 0.1) is 5.92 Å². The Morgan fingerprint density at radius 2 is 2.06 bits per heavy atom. The molecule has 98 valence electrons. The number of ether oxygens (including phenoxy) is 1. The SMILES string of the molecule is O=C(NCCN1CCOCC1)NCC1CNC1. The summed E-state index contributed by atoms with van der Waals surface area (Å²) in [4.78, 5) is 13.7. The Labute approximate surface area is 102 Å². The number of hydrogen-bond donors (Lipinski definition) is 3. The summed E-state index contributed by atoms with van der Waals surface area (Å²) in [5.41, 5.74) is 0. The summed E-state index contributed by atoms with van der Waals surface area (Å²) in [5.74, 6) is 0.611. The number of amides is 2. The van der Waals surface area contributed by atoms with Crippen LogP contribution in [-0.4, -0.2) is 70.0 Å². The highest BCUT2D eigenvalue weighted by atomic mass is 16.5. The van der Waals surface area contributed by atoms with Gasteiger partial charge < -0.3 is 20.7 Å².